The van der Waals surface area contributed by atoms with Crippen molar-refractivity contribution < 1.29 is 31.1 Å². The van der Waals surface area contributed by atoms with Crippen molar-refractivity contribution >= 4 is 15.7 Å². The zero-order valence-electron chi connectivity index (χ0n) is 9.99. The van der Waals surface area contributed by atoms with Crippen LogP contribution in [0.4, 0.5) is 23.2 Å². The first-order valence-electron chi connectivity index (χ1n) is 5.27. The molecule has 0 bridgehead atoms. The minimum Gasteiger partial charge on any atom is -0.392 e. The zero-order valence-corrected chi connectivity index (χ0v) is 10.8. The number of sulfonamides is 1. The summed E-state index contributed by atoms with van der Waals surface area (Å²) in [6.45, 7) is -0.727. The third-order valence-electron chi connectivity index (χ3n) is 2.47. The second-order valence-electron chi connectivity index (χ2n) is 3.83. The monoisotopic (exact) mass is 325 g/mol. The molecule has 114 valence electrons. The third kappa shape index (κ3) is 2.69. The number of aromatic nitrogens is 2. The number of anilines is 1. The zero-order chi connectivity index (χ0) is 15.8. The van der Waals surface area contributed by atoms with E-state index in [1.54, 1.807) is 0 Å². The minimum atomic E-state index is -4.63. The predicted molar refractivity (Wildman–Crippen MR) is 61.6 cm³/mol. The van der Waals surface area contributed by atoms with Crippen LogP contribution in [0.25, 0.3) is 0 Å². The molecule has 0 aliphatic rings. The van der Waals surface area contributed by atoms with Crippen LogP contribution in [-0.2, 0) is 16.6 Å². The largest absolute Gasteiger partial charge is 0.392 e. The molecule has 3 N–H and O–H groups in total. The van der Waals surface area contributed by atoms with E-state index in [4.69, 9.17) is 5.11 Å². The summed E-state index contributed by atoms with van der Waals surface area (Å²) in [7, 11) is -4.63. The normalized spacial score (nSPS) is 11.7. The minimum absolute atomic E-state index is 0.0577. The topological polar surface area (TPSA) is 95.1 Å². The Labute approximate surface area is 115 Å². The standard InChI is InChI=1S/C10H7F4N3O3S/c11-5-1-6(12)8(14)9(7(5)13)17-21(19,20)10-4(3-18)2-15-16-10/h1-2,17-18H,3H2,(H,15,16). The molecule has 0 saturated heterocycles. The van der Waals surface area contributed by atoms with Gasteiger partial charge in [-0.05, 0) is 0 Å². The first kappa shape index (κ1) is 15.3. The number of halogens is 4. The number of hydrogen-bond acceptors (Lipinski definition) is 4. The summed E-state index contributed by atoms with van der Waals surface area (Å²) >= 11 is 0. The highest BCUT2D eigenvalue weighted by Crippen LogP contribution is 2.26. The van der Waals surface area contributed by atoms with Crippen molar-refractivity contribution in [3.63, 3.8) is 0 Å². The predicted octanol–water partition coefficient (Wildman–Crippen LogP) is 1.26. The maximum absolute atomic E-state index is 13.4. The summed E-state index contributed by atoms with van der Waals surface area (Å²) in [5.74, 6) is -7.33. The van der Waals surface area contributed by atoms with Crippen molar-refractivity contribution in [2.45, 2.75) is 11.6 Å². The Morgan fingerprint density at radius 3 is 2.29 bits per heavy atom. The Kier molecular flexibility index (Phi) is 3.87. The van der Waals surface area contributed by atoms with Crippen LogP contribution in [-0.4, -0.2) is 23.7 Å². The summed E-state index contributed by atoms with van der Waals surface area (Å²) < 4.78 is 78.0. The maximum atomic E-state index is 13.4. The number of aliphatic hydroxyl groups excluding tert-OH is 1. The van der Waals surface area contributed by atoms with Crippen molar-refractivity contribution in [3.05, 3.63) is 41.1 Å². The Balaban J connectivity index is 2.52. The van der Waals surface area contributed by atoms with E-state index in [-0.39, 0.29) is 11.6 Å². The summed E-state index contributed by atoms with van der Waals surface area (Å²) in [5.41, 5.74) is -1.70. The van der Waals surface area contributed by atoms with Crippen LogP contribution in [0.3, 0.4) is 0 Å². The van der Waals surface area contributed by atoms with E-state index >= 15 is 0 Å². The molecule has 1 aromatic heterocycles. The van der Waals surface area contributed by atoms with E-state index in [0.717, 1.165) is 6.20 Å². The van der Waals surface area contributed by atoms with E-state index < -0.39 is 50.6 Å². The van der Waals surface area contributed by atoms with E-state index in [0.29, 0.717) is 0 Å². The molecule has 0 fully saturated rings. The number of aromatic amines is 1. The fourth-order valence-electron chi connectivity index (χ4n) is 1.49. The molecule has 0 atom stereocenters. The van der Waals surface area contributed by atoms with E-state index in [1.807, 2.05) is 5.10 Å². The summed E-state index contributed by atoms with van der Waals surface area (Å²) in [5, 5.41) is 13.6. The fraction of sp³-hybridized carbons (Fsp3) is 0.100. The van der Waals surface area contributed by atoms with Gasteiger partial charge in [-0.15, -0.1) is 0 Å². The third-order valence-corrected chi connectivity index (χ3v) is 3.83. The maximum Gasteiger partial charge on any atom is 0.279 e. The molecule has 11 heteroatoms. The summed E-state index contributed by atoms with van der Waals surface area (Å²) in [6.07, 6.45) is 0.966. The van der Waals surface area contributed by atoms with Gasteiger partial charge in [0.15, 0.2) is 28.3 Å². The van der Waals surface area contributed by atoms with Crippen LogP contribution in [0.15, 0.2) is 17.3 Å². The van der Waals surface area contributed by atoms with Gasteiger partial charge in [0.2, 0.25) is 0 Å². The van der Waals surface area contributed by atoms with Gasteiger partial charge >= 0.3 is 0 Å². The van der Waals surface area contributed by atoms with E-state index in [2.05, 4.69) is 5.10 Å². The highest BCUT2D eigenvalue weighted by molar-refractivity contribution is 7.92. The molecule has 0 amide bonds. The van der Waals surface area contributed by atoms with Gasteiger partial charge < -0.3 is 5.11 Å². The van der Waals surface area contributed by atoms with Crippen molar-refractivity contribution in [3.8, 4) is 0 Å². The Hall–Kier alpha value is -2.14. The average Bonchev–Trinajstić information content (AvgIpc) is 2.91. The smallest absolute Gasteiger partial charge is 0.279 e. The van der Waals surface area contributed by atoms with Crippen LogP contribution in [0.5, 0.6) is 0 Å². The summed E-state index contributed by atoms with van der Waals surface area (Å²) in [6, 6.07) is -0.0577. The second kappa shape index (κ2) is 5.33. The lowest BCUT2D eigenvalue weighted by Gasteiger charge is -2.10. The van der Waals surface area contributed by atoms with Crippen LogP contribution >= 0.6 is 0 Å². The summed E-state index contributed by atoms with van der Waals surface area (Å²) in [4.78, 5) is 0. The molecular weight excluding hydrogens is 318 g/mol. The Morgan fingerprint density at radius 1 is 1.19 bits per heavy atom. The van der Waals surface area contributed by atoms with Gasteiger partial charge in [0, 0.05) is 11.6 Å². The number of rotatable bonds is 4. The molecule has 0 aliphatic heterocycles. The van der Waals surface area contributed by atoms with Gasteiger partial charge in [-0.25, -0.2) is 17.6 Å². The SMILES string of the molecule is O=S(=O)(Nc1c(F)c(F)cc(F)c1F)c1[nH]ncc1CO. The number of nitrogens with one attached hydrogen (secondary N) is 2. The highest BCUT2D eigenvalue weighted by Gasteiger charge is 2.27. The molecule has 0 aliphatic carbocycles. The molecule has 1 aromatic carbocycles. The van der Waals surface area contributed by atoms with Crippen molar-refractivity contribution in [2.75, 3.05) is 4.72 Å². The molecule has 1 heterocycles. The van der Waals surface area contributed by atoms with Crippen molar-refractivity contribution in [1.82, 2.24) is 10.2 Å². The quantitative estimate of drug-likeness (QED) is 0.582. The van der Waals surface area contributed by atoms with Gasteiger partial charge in [0.1, 0.15) is 5.69 Å². The Bertz CT molecular complexity index is 765. The van der Waals surface area contributed by atoms with Crippen LogP contribution in [0.2, 0.25) is 0 Å². The second-order valence-corrected chi connectivity index (χ2v) is 5.45. The van der Waals surface area contributed by atoms with E-state index in [1.165, 1.54) is 4.72 Å². The lowest BCUT2D eigenvalue weighted by Crippen LogP contribution is -2.18. The van der Waals surface area contributed by atoms with Gasteiger partial charge in [0.05, 0.1) is 12.8 Å². The van der Waals surface area contributed by atoms with E-state index in [9.17, 15) is 26.0 Å². The molecule has 0 unspecified atom stereocenters. The van der Waals surface area contributed by atoms with Crippen LogP contribution < -0.4 is 4.72 Å². The molecule has 0 saturated carbocycles. The van der Waals surface area contributed by atoms with Gasteiger partial charge in [0.25, 0.3) is 10.0 Å². The van der Waals surface area contributed by atoms with Crippen LogP contribution in [0, 0.1) is 23.3 Å². The number of hydrogen-bond donors (Lipinski definition) is 3. The number of nitrogens with zero attached hydrogens (tertiary/aromatic N) is 1. The highest BCUT2D eigenvalue weighted by atomic mass is 32.2. The molecule has 0 radical (unpaired) electrons. The molecular formula is C10H7F4N3O3S. The Morgan fingerprint density at radius 2 is 1.76 bits per heavy atom. The molecule has 0 spiro atoms. The number of benzene rings is 1. The average molecular weight is 325 g/mol. The number of H-pyrrole nitrogens is 1. The first-order chi connectivity index (χ1) is 9.77. The van der Waals surface area contributed by atoms with Crippen LogP contribution in [0.1, 0.15) is 5.56 Å². The van der Waals surface area contributed by atoms with Crippen molar-refractivity contribution in [2.24, 2.45) is 0 Å². The lowest BCUT2D eigenvalue weighted by atomic mass is 10.3. The lowest BCUT2D eigenvalue weighted by molar-refractivity contribution is 0.278. The van der Waals surface area contributed by atoms with Gasteiger partial charge in [-0.1, -0.05) is 0 Å². The molecule has 2 aromatic rings. The molecule has 2 rings (SSSR count). The molecule has 21 heavy (non-hydrogen) atoms. The van der Waals surface area contributed by atoms with Gasteiger partial charge in [-0.3, -0.25) is 9.82 Å². The van der Waals surface area contributed by atoms with Gasteiger partial charge in [-0.2, -0.15) is 13.5 Å². The number of aliphatic hydroxyl groups is 1. The fourth-order valence-corrected chi connectivity index (χ4v) is 2.68. The molecule has 6 nitrogen and oxygen atoms in total. The first-order valence-corrected chi connectivity index (χ1v) is 6.75. The van der Waals surface area contributed by atoms with Crippen molar-refractivity contribution in [1.29, 1.82) is 0 Å².